The van der Waals surface area contributed by atoms with Crippen LogP contribution in [0.4, 0.5) is 8.78 Å². The molecule has 3 aromatic rings. The van der Waals surface area contributed by atoms with E-state index in [0.717, 1.165) is 12.1 Å². The Morgan fingerprint density at radius 2 is 2.05 bits per heavy atom. The zero-order chi connectivity index (χ0) is 15.7. The van der Waals surface area contributed by atoms with Gasteiger partial charge in [0.15, 0.2) is 0 Å². The minimum absolute atomic E-state index is 0.130. The second-order valence-corrected chi connectivity index (χ2v) is 4.98. The number of aromatic nitrogens is 2. The molecular weight excluding hydrogens is 314 g/mol. The van der Waals surface area contributed by atoms with Crippen LogP contribution in [0.5, 0.6) is 0 Å². The van der Waals surface area contributed by atoms with Crippen molar-refractivity contribution in [2.45, 2.75) is 6.61 Å². The molecule has 0 aliphatic heterocycles. The van der Waals surface area contributed by atoms with E-state index in [1.165, 1.54) is 0 Å². The molecule has 0 saturated carbocycles. The minimum Gasteiger partial charge on any atom is -0.455 e. The van der Waals surface area contributed by atoms with Crippen LogP contribution < -0.4 is 0 Å². The molecule has 0 amide bonds. The number of rotatable bonds is 3. The fourth-order valence-corrected chi connectivity index (χ4v) is 2.13. The summed E-state index contributed by atoms with van der Waals surface area (Å²) in [5, 5.41) is 0.543. The number of hydrogen-bond donors (Lipinski definition) is 0. The lowest BCUT2D eigenvalue weighted by Gasteiger charge is -2.03. The Hall–Kier alpha value is -2.47. The molecule has 0 spiro atoms. The second-order valence-electron chi connectivity index (χ2n) is 4.55. The Bertz CT molecular complexity index is 864. The van der Waals surface area contributed by atoms with Crippen LogP contribution >= 0.6 is 11.6 Å². The number of imidazole rings is 1. The van der Waals surface area contributed by atoms with Gasteiger partial charge in [0.2, 0.25) is 0 Å². The zero-order valence-electron chi connectivity index (χ0n) is 11.1. The highest BCUT2D eigenvalue weighted by Crippen LogP contribution is 2.14. The standard InChI is InChI=1S/C15H9ClF2N2O2/c16-9-1-4-14-19-11(7-20(14)6-9)8-22-15(21)12-3-2-10(17)5-13(12)18/h1-7H,8H2. The summed E-state index contributed by atoms with van der Waals surface area (Å²) in [7, 11) is 0. The monoisotopic (exact) mass is 322 g/mol. The number of carbonyl (C=O) groups excluding carboxylic acids is 1. The number of carbonyl (C=O) groups is 1. The lowest BCUT2D eigenvalue weighted by molar-refractivity contribution is 0.0463. The Morgan fingerprint density at radius 1 is 1.23 bits per heavy atom. The van der Waals surface area contributed by atoms with E-state index in [9.17, 15) is 13.6 Å². The van der Waals surface area contributed by atoms with Gasteiger partial charge in [-0.1, -0.05) is 11.6 Å². The molecule has 0 aliphatic carbocycles. The summed E-state index contributed by atoms with van der Waals surface area (Å²) in [5.41, 5.74) is 0.801. The van der Waals surface area contributed by atoms with Gasteiger partial charge in [-0.05, 0) is 24.3 Å². The number of nitrogens with zero attached hydrogens (tertiary/aromatic N) is 2. The van der Waals surface area contributed by atoms with Crippen LogP contribution in [-0.2, 0) is 11.3 Å². The van der Waals surface area contributed by atoms with Gasteiger partial charge in [0.1, 0.15) is 23.9 Å². The molecule has 0 saturated heterocycles. The lowest BCUT2D eigenvalue weighted by Crippen LogP contribution is -2.08. The molecule has 0 unspecified atom stereocenters. The molecule has 112 valence electrons. The quantitative estimate of drug-likeness (QED) is 0.692. The number of hydrogen-bond acceptors (Lipinski definition) is 3. The molecule has 0 bridgehead atoms. The highest BCUT2D eigenvalue weighted by molar-refractivity contribution is 6.30. The summed E-state index contributed by atoms with van der Waals surface area (Å²) in [5.74, 6) is -2.61. The van der Waals surface area contributed by atoms with Gasteiger partial charge in [-0.2, -0.15) is 0 Å². The van der Waals surface area contributed by atoms with Crippen molar-refractivity contribution in [3.63, 3.8) is 0 Å². The predicted octanol–water partition coefficient (Wildman–Crippen LogP) is 3.62. The van der Waals surface area contributed by atoms with Crippen molar-refractivity contribution in [3.05, 3.63) is 70.6 Å². The molecule has 22 heavy (non-hydrogen) atoms. The number of pyridine rings is 1. The third kappa shape index (κ3) is 2.92. The number of esters is 1. The Morgan fingerprint density at radius 3 is 2.82 bits per heavy atom. The van der Waals surface area contributed by atoms with Crippen LogP contribution in [0.15, 0.2) is 42.7 Å². The van der Waals surface area contributed by atoms with Crippen LogP contribution in [0.25, 0.3) is 5.65 Å². The second kappa shape index (κ2) is 5.73. The SMILES string of the molecule is O=C(OCc1cn2cc(Cl)ccc2n1)c1ccc(F)cc1F. The van der Waals surface area contributed by atoms with Crippen molar-refractivity contribution in [2.75, 3.05) is 0 Å². The molecule has 0 radical (unpaired) electrons. The van der Waals surface area contributed by atoms with Crippen LogP contribution in [0.1, 0.15) is 16.1 Å². The first-order valence-electron chi connectivity index (χ1n) is 6.28. The highest BCUT2D eigenvalue weighted by atomic mass is 35.5. The average molecular weight is 323 g/mol. The summed E-state index contributed by atoms with van der Waals surface area (Å²) >= 11 is 5.86. The van der Waals surface area contributed by atoms with Crippen LogP contribution in [-0.4, -0.2) is 15.4 Å². The maximum absolute atomic E-state index is 13.5. The summed E-state index contributed by atoms with van der Waals surface area (Å²) < 4.78 is 32.9. The van der Waals surface area contributed by atoms with Crippen molar-refractivity contribution in [1.29, 1.82) is 0 Å². The van der Waals surface area contributed by atoms with Gasteiger partial charge in [-0.25, -0.2) is 18.6 Å². The lowest BCUT2D eigenvalue weighted by atomic mass is 10.2. The van der Waals surface area contributed by atoms with E-state index in [1.807, 2.05) is 0 Å². The summed E-state index contributed by atoms with van der Waals surface area (Å²) in [6, 6.07) is 6.06. The van der Waals surface area contributed by atoms with Crippen LogP contribution in [0, 0.1) is 11.6 Å². The van der Waals surface area contributed by atoms with Gasteiger partial charge in [0.05, 0.1) is 16.3 Å². The van der Waals surface area contributed by atoms with Gasteiger partial charge < -0.3 is 9.14 Å². The maximum atomic E-state index is 13.5. The molecule has 4 nitrogen and oxygen atoms in total. The molecule has 3 rings (SSSR count). The van der Waals surface area contributed by atoms with Crippen LogP contribution in [0.3, 0.4) is 0 Å². The van der Waals surface area contributed by atoms with E-state index in [4.69, 9.17) is 16.3 Å². The minimum atomic E-state index is -0.966. The van der Waals surface area contributed by atoms with E-state index in [-0.39, 0.29) is 12.2 Å². The molecular formula is C15H9ClF2N2O2. The molecule has 2 aromatic heterocycles. The van der Waals surface area contributed by atoms with Gasteiger partial charge in [0, 0.05) is 18.5 Å². The van der Waals surface area contributed by atoms with Gasteiger partial charge in [-0.15, -0.1) is 0 Å². The number of fused-ring (bicyclic) bond motifs is 1. The predicted molar refractivity (Wildman–Crippen MR) is 75.7 cm³/mol. The van der Waals surface area contributed by atoms with E-state index in [1.54, 1.807) is 28.9 Å². The van der Waals surface area contributed by atoms with Crippen molar-refractivity contribution in [1.82, 2.24) is 9.38 Å². The fraction of sp³-hybridized carbons (Fsp3) is 0.0667. The first-order valence-corrected chi connectivity index (χ1v) is 6.66. The van der Waals surface area contributed by atoms with Gasteiger partial charge >= 0.3 is 5.97 Å². The molecule has 0 N–H and O–H groups in total. The Labute approximate surface area is 128 Å². The Kier molecular flexibility index (Phi) is 3.77. The zero-order valence-corrected chi connectivity index (χ0v) is 11.8. The Balaban J connectivity index is 1.74. The van der Waals surface area contributed by atoms with Crippen LogP contribution in [0.2, 0.25) is 5.02 Å². The molecule has 0 fully saturated rings. The first kappa shape index (κ1) is 14.5. The molecule has 1 aromatic carbocycles. The topological polar surface area (TPSA) is 43.6 Å². The smallest absolute Gasteiger partial charge is 0.341 e. The third-order valence-corrected chi connectivity index (χ3v) is 3.19. The summed E-state index contributed by atoms with van der Waals surface area (Å²) in [4.78, 5) is 16.0. The fourth-order valence-electron chi connectivity index (χ4n) is 1.96. The highest BCUT2D eigenvalue weighted by Gasteiger charge is 2.14. The number of halogens is 3. The number of ether oxygens (including phenoxy) is 1. The third-order valence-electron chi connectivity index (χ3n) is 2.97. The largest absolute Gasteiger partial charge is 0.455 e. The molecule has 0 aliphatic rings. The average Bonchev–Trinajstić information content (AvgIpc) is 2.86. The van der Waals surface area contributed by atoms with E-state index in [0.29, 0.717) is 22.4 Å². The molecule has 7 heteroatoms. The van der Waals surface area contributed by atoms with E-state index in [2.05, 4.69) is 4.98 Å². The maximum Gasteiger partial charge on any atom is 0.341 e. The van der Waals surface area contributed by atoms with Crippen molar-refractivity contribution >= 4 is 23.2 Å². The number of benzene rings is 1. The normalized spacial score (nSPS) is 10.9. The summed E-state index contributed by atoms with van der Waals surface area (Å²) in [6.45, 7) is -0.130. The van der Waals surface area contributed by atoms with Crippen molar-refractivity contribution < 1.29 is 18.3 Å². The molecule has 0 atom stereocenters. The molecule has 2 heterocycles. The van der Waals surface area contributed by atoms with E-state index >= 15 is 0 Å². The van der Waals surface area contributed by atoms with Gasteiger partial charge in [0.25, 0.3) is 0 Å². The summed E-state index contributed by atoms with van der Waals surface area (Å²) in [6.07, 6.45) is 3.31. The van der Waals surface area contributed by atoms with E-state index < -0.39 is 17.6 Å². The van der Waals surface area contributed by atoms with Crippen molar-refractivity contribution in [2.24, 2.45) is 0 Å². The van der Waals surface area contributed by atoms with Gasteiger partial charge in [-0.3, -0.25) is 0 Å². The van der Waals surface area contributed by atoms with Crippen molar-refractivity contribution in [3.8, 4) is 0 Å². The first-order chi connectivity index (χ1) is 10.5.